The molecule has 0 N–H and O–H groups in total. The number of hydrogen-bond donors (Lipinski definition) is 0. The molecule has 2 aromatic rings. The van der Waals surface area contributed by atoms with Crippen LogP contribution in [0.5, 0.6) is 0 Å². The fourth-order valence-electron chi connectivity index (χ4n) is 2.40. The van der Waals surface area contributed by atoms with Crippen LogP contribution in [0.3, 0.4) is 0 Å². The van der Waals surface area contributed by atoms with Gasteiger partial charge in [-0.05, 0) is 55.7 Å². The fourth-order valence-corrected chi connectivity index (χ4v) is 2.84. The Labute approximate surface area is 138 Å². The van der Waals surface area contributed by atoms with Crippen LogP contribution in [-0.2, 0) is 11.3 Å². The fraction of sp³-hybridized carbons (Fsp3) is 0.278. The smallest absolute Gasteiger partial charge is 0.247 e. The van der Waals surface area contributed by atoms with Crippen LogP contribution in [0.4, 0.5) is 0 Å². The molecule has 1 aromatic heterocycles. The number of furan rings is 1. The van der Waals surface area contributed by atoms with Crippen LogP contribution in [0, 0.1) is 6.92 Å². The van der Waals surface area contributed by atoms with Crippen LogP contribution in [0.15, 0.2) is 51.4 Å². The minimum Gasteiger partial charge on any atom is -0.462 e. The van der Waals surface area contributed by atoms with E-state index in [4.69, 9.17) is 4.42 Å². The second-order valence-corrected chi connectivity index (χ2v) is 6.52. The highest BCUT2D eigenvalue weighted by Gasteiger charge is 2.31. The normalized spacial score (nSPS) is 14.5. The van der Waals surface area contributed by atoms with Gasteiger partial charge < -0.3 is 9.32 Å². The first-order chi connectivity index (χ1) is 10.6. The number of halogens is 1. The molecule has 3 rings (SSSR count). The van der Waals surface area contributed by atoms with Crippen LogP contribution in [0.2, 0.25) is 0 Å². The molecule has 1 aliphatic carbocycles. The molecule has 0 bridgehead atoms. The molecule has 0 spiro atoms. The van der Waals surface area contributed by atoms with Crippen LogP contribution < -0.4 is 0 Å². The van der Waals surface area contributed by atoms with E-state index in [-0.39, 0.29) is 5.91 Å². The Balaban J connectivity index is 1.70. The summed E-state index contributed by atoms with van der Waals surface area (Å²) in [5, 5.41) is 0. The summed E-state index contributed by atoms with van der Waals surface area (Å²) in [6, 6.07) is 12.2. The molecule has 0 aliphatic heterocycles. The third-order valence-electron chi connectivity index (χ3n) is 3.66. The van der Waals surface area contributed by atoms with Crippen molar-refractivity contribution in [2.75, 3.05) is 0 Å². The summed E-state index contributed by atoms with van der Waals surface area (Å²) >= 11 is 3.48. The molecular weight excluding hydrogens is 342 g/mol. The zero-order chi connectivity index (χ0) is 15.5. The van der Waals surface area contributed by atoms with E-state index in [0.717, 1.165) is 28.6 Å². The van der Waals surface area contributed by atoms with Crippen molar-refractivity contribution in [3.63, 3.8) is 0 Å². The largest absolute Gasteiger partial charge is 0.462 e. The highest BCUT2D eigenvalue weighted by Crippen LogP contribution is 2.29. The Kier molecular flexibility index (Phi) is 4.48. The highest BCUT2D eigenvalue weighted by atomic mass is 79.9. The number of carbonyl (C=O) groups excluding carboxylic acids is 1. The van der Waals surface area contributed by atoms with Gasteiger partial charge in [-0.2, -0.15) is 0 Å². The third kappa shape index (κ3) is 3.89. The van der Waals surface area contributed by atoms with Crippen molar-refractivity contribution >= 4 is 27.9 Å². The van der Waals surface area contributed by atoms with Gasteiger partial charge in [0, 0.05) is 23.1 Å². The van der Waals surface area contributed by atoms with Gasteiger partial charge in [0.15, 0.2) is 0 Å². The van der Waals surface area contributed by atoms with Crippen LogP contribution in [-0.4, -0.2) is 16.8 Å². The van der Waals surface area contributed by atoms with E-state index in [1.54, 1.807) is 12.2 Å². The van der Waals surface area contributed by atoms with E-state index in [1.165, 1.54) is 0 Å². The molecule has 1 aromatic carbocycles. The van der Waals surface area contributed by atoms with E-state index >= 15 is 0 Å². The molecule has 0 radical (unpaired) electrons. The lowest BCUT2D eigenvalue weighted by Crippen LogP contribution is -2.31. The Hall–Kier alpha value is -1.81. The van der Waals surface area contributed by atoms with E-state index in [0.29, 0.717) is 18.3 Å². The number of hydrogen-bond acceptors (Lipinski definition) is 2. The molecule has 0 atom stereocenters. The first-order valence-corrected chi connectivity index (χ1v) is 8.21. The number of nitrogens with zero attached hydrogens (tertiary/aromatic N) is 1. The molecule has 1 heterocycles. The quantitative estimate of drug-likeness (QED) is 0.733. The van der Waals surface area contributed by atoms with Gasteiger partial charge in [-0.25, -0.2) is 0 Å². The predicted octanol–water partition coefficient (Wildman–Crippen LogP) is 4.55. The maximum atomic E-state index is 12.5. The highest BCUT2D eigenvalue weighted by molar-refractivity contribution is 9.10. The van der Waals surface area contributed by atoms with Gasteiger partial charge in [-0.3, -0.25) is 4.79 Å². The van der Waals surface area contributed by atoms with Gasteiger partial charge in [0.25, 0.3) is 0 Å². The predicted molar refractivity (Wildman–Crippen MR) is 90.2 cm³/mol. The maximum Gasteiger partial charge on any atom is 0.247 e. The maximum absolute atomic E-state index is 12.5. The molecule has 3 nitrogen and oxygen atoms in total. The van der Waals surface area contributed by atoms with Crippen LogP contribution >= 0.6 is 15.9 Å². The molecule has 0 unspecified atom stereocenters. The van der Waals surface area contributed by atoms with Gasteiger partial charge in [-0.1, -0.05) is 28.1 Å². The number of amides is 1. The molecule has 4 heteroatoms. The topological polar surface area (TPSA) is 33.5 Å². The third-order valence-corrected chi connectivity index (χ3v) is 4.16. The number of carbonyl (C=O) groups is 1. The summed E-state index contributed by atoms with van der Waals surface area (Å²) < 4.78 is 6.50. The molecule has 1 fully saturated rings. The average Bonchev–Trinajstić information content (AvgIpc) is 3.24. The summed E-state index contributed by atoms with van der Waals surface area (Å²) in [4.78, 5) is 14.4. The lowest BCUT2D eigenvalue weighted by atomic mass is 10.2. The summed E-state index contributed by atoms with van der Waals surface area (Å²) in [6.07, 6.45) is 5.53. The van der Waals surface area contributed by atoms with Crippen molar-refractivity contribution < 1.29 is 9.21 Å². The van der Waals surface area contributed by atoms with Crippen LogP contribution in [0.25, 0.3) is 6.08 Å². The lowest BCUT2D eigenvalue weighted by molar-refractivity contribution is -0.127. The van der Waals surface area contributed by atoms with Crippen molar-refractivity contribution in [2.24, 2.45) is 0 Å². The SMILES string of the molecule is Cc1ccc(/C=C/C(=O)N(Cc2cccc(Br)c2)C2CC2)o1. The number of aryl methyl sites for hydroxylation is 1. The monoisotopic (exact) mass is 359 g/mol. The molecule has 22 heavy (non-hydrogen) atoms. The minimum atomic E-state index is 0.0385. The van der Waals surface area contributed by atoms with Crippen LogP contribution in [0.1, 0.15) is 29.9 Å². The van der Waals surface area contributed by atoms with Crippen molar-refractivity contribution in [3.05, 3.63) is 64.0 Å². The van der Waals surface area contributed by atoms with Gasteiger partial charge in [0.1, 0.15) is 11.5 Å². The van der Waals surface area contributed by atoms with Gasteiger partial charge >= 0.3 is 0 Å². The molecule has 1 saturated carbocycles. The van der Waals surface area contributed by atoms with Crippen molar-refractivity contribution in [2.45, 2.75) is 32.4 Å². The molecule has 1 aliphatic rings. The van der Waals surface area contributed by atoms with Crippen molar-refractivity contribution in [3.8, 4) is 0 Å². The molecule has 1 amide bonds. The van der Waals surface area contributed by atoms with E-state index in [9.17, 15) is 4.79 Å². The van der Waals surface area contributed by atoms with E-state index in [1.807, 2.05) is 42.2 Å². The summed E-state index contributed by atoms with van der Waals surface area (Å²) in [7, 11) is 0. The first-order valence-electron chi connectivity index (χ1n) is 7.41. The Morgan fingerprint density at radius 2 is 2.18 bits per heavy atom. The van der Waals surface area contributed by atoms with Crippen molar-refractivity contribution in [1.29, 1.82) is 0 Å². The number of rotatable bonds is 5. The summed E-state index contributed by atoms with van der Waals surface area (Å²) in [6.45, 7) is 2.54. The molecular formula is C18H18BrNO2. The Bertz CT molecular complexity index is 701. The van der Waals surface area contributed by atoms with Gasteiger partial charge in [0.05, 0.1) is 0 Å². The zero-order valence-electron chi connectivity index (χ0n) is 12.5. The van der Waals surface area contributed by atoms with Crippen molar-refractivity contribution in [1.82, 2.24) is 4.90 Å². The second kappa shape index (κ2) is 6.53. The number of benzene rings is 1. The summed E-state index contributed by atoms with van der Waals surface area (Å²) in [5.74, 6) is 1.60. The van der Waals surface area contributed by atoms with Gasteiger partial charge in [0.2, 0.25) is 5.91 Å². The lowest BCUT2D eigenvalue weighted by Gasteiger charge is -2.21. The molecule has 114 valence electrons. The van der Waals surface area contributed by atoms with E-state index < -0.39 is 0 Å². The Morgan fingerprint density at radius 3 is 2.82 bits per heavy atom. The first kappa shape index (κ1) is 15.1. The van der Waals surface area contributed by atoms with Gasteiger partial charge in [-0.15, -0.1) is 0 Å². The minimum absolute atomic E-state index is 0.0385. The second-order valence-electron chi connectivity index (χ2n) is 5.61. The summed E-state index contributed by atoms with van der Waals surface area (Å²) in [5.41, 5.74) is 1.14. The Morgan fingerprint density at radius 1 is 1.36 bits per heavy atom. The van der Waals surface area contributed by atoms with E-state index in [2.05, 4.69) is 22.0 Å². The molecule has 0 saturated heterocycles. The average molecular weight is 360 g/mol. The standard InChI is InChI=1S/C18H18BrNO2/c1-13-5-8-17(22-13)9-10-18(21)20(16-6-7-16)12-14-3-2-4-15(19)11-14/h2-5,8-11,16H,6-7,12H2,1H3/b10-9+. The zero-order valence-corrected chi connectivity index (χ0v) is 14.0.